The predicted octanol–water partition coefficient (Wildman–Crippen LogP) is 3.13. The highest BCUT2D eigenvalue weighted by molar-refractivity contribution is 5.69. The van der Waals surface area contributed by atoms with Gasteiger partial charge in [0, 0.05) is 12.5 Å². The maximum absolute atomic E-state index is 11.2. The van der Waals surface area contributed by atoms with Gasteiger partial charge in [-0.15, -0.1) is 0 Å². The van der Waals surface area contributed by atoms with Gasteiger partial charge in [0.2, 0.25) is 0 Å². The van der Waals surface area contributed by atoms with Crippen LogP contribution in [0.25, 0.3) is 0 Å². The summed E-state index contributed by atoms with van der Waals surface area (Å²) in [5, 5.41) is 3.64. The van der Waals surface area contributed by atoms with Crippen LogP contribution in [-0.4, -0.2) is 25.2 Å². The van der Waals surface area contributed by atoms with E-state index in [1.54, 1.807) is 0 Å². The van der Waals surface area contributed by atoms with E-state index in [2.05, 4.69) is 19.2 Å². The van der Waals surface area contributed by atoms with Gasteiger partial charge in [-0.2, -0.15) is 0 Å². The van der Waals surface area contributed by atoms with Crippen LogP contribution < -0.4 is 5.32 Å². The van der Waals surface area contributed by atoms with E-state index >= 15 is 0 Å². The van der Waals surface area contributed by atoms with Gasteiger partial charge in [0.1, 0.15) is 0 Å². The lowest BCUT2D eigenvalue weighted by atomic mass is 9.78. The van der Waals surface area contributed by atoms with Gasteiger partial charge in [0.15, 0.2) is 0 Å². The minimum Gasteiger partial charge on any atom is -0.466 e. The number of nitrogens with one attached hydrogen (secondary N) is 1. The highest BCUT2D eigenvalue weighted by atomic mass is 16.5. The Bertz CT molecular complexity index is 241. The molecule has 1 N–H and O–H groups in total. The van der Waals surface area contributed by atoms with Crippen LogP contribution in [0.1, 0.15) is 59.3 Å². The maximum atomic E-state index is 11.2. The third-order valence-electron chi connectivity index (χ3n) is 3.95. The molecule has 1 aliphatic rings. The van der Waals surface area contributed by atoms with Crippen LogP contribution in [0.4, 0.5) is 0 Å². The van der Waals surface area contributed by atoms with Crippen LogP contribution in [0.2, 0.25) is 0 Å². The Morgan fingerprint density at radius 2 is 2.06 bits per heavy atom. The van der Waals surface area contributed by atoms with Crippen LogP contribution >= 0.6 is 0 Å². The minimum absolute atomic E-state index is 0.0663. The highest BCUT2D eigenvalue weighted by Gasteiger charge is 2.26. The quantitative estimate of drug-likeness (QED) is 0.561. The van der Waals surface area contributed by atoms with E-state index < -0.39 is 0 Å². The lowest BCUT2D eigenvalue weighted by Gasteiger charge is -2.35. The molecular formula is C15H29NO2. The normalized spacial score (nSPS) is 24.2. The monoisotopic (exact) mass is 255 g/mol. The molecule has 0 aromatic rings. The van der Waals surface area contributed by atoms with Gasteiger partial charge in [0.05, 0.1) is 6.61 Å². The predicted molar refractivity (Wildman–Crippen MR) is 74.5 cm³/mol. The first-order valence-electron chi connectivity index (χ1n) is 7.54. The molecule has 1 fully saturated rings. The fraction of sp³-hybridized carbons (Fsp3) is 0.933. The molecule has 2 atom stereocenters. The average Bonchev–Trinajstić information content (AvgIpc) is 2.35. The SMILES string of the molecule is CCOC(=O)CCCNC1CCCCC1C(C)C. The van der Waals surface area contributed by atoms with E-state index in [0.717, 1.165) is 24.8 Å². The van der Waals surface area contributed by atoms with Crippen molar-refractivity contribution in [3.63, 3.8) is 0 Å². The molecule has 0 amide bonds. The van der Waals surface area contributed by atoms with Crippen molar-refractivity contribution >= 4 is 5.97 Å². The second kappa shape index (κ2) is 8.52. The van der Waals surface area contributed by atoms with E-state index in [4.69, 9.17) is 4.74 Å². The zero-order valence-electron chi connectivity index (χ0n) is 12.2. The standard InChI is InChI=1S/C15H29NO2/c1-4-18-15(17)10-7-11-16-14-9-6-5-8-13(14)12(2)3/h12-14,16H,4-11H2,1-3H3. The van der Waals surface area contributed by atoms with Crippen molar-refractivity contribution < 1.29 is 9.53 Å². The molecule has 0 aliphatic heterocycles. The molecule has 3 nitrogen and oxygen atoms in total. The Hall–Kier alpha value is -0.570. The third-order valence-corrected chi connectivity index (χ3v) is 3.95. The van der Waals surface area contributed by atoms with Crippen LogP contribution in [0.5, 0.6) is 0 Å². The van der Waals surface area contributed by atoms with Gasteiger partial charge in [-0.3, -0.25) is 4.79 Å². The van der Waals surface area contributed by atoms with Gasteiger partial charge in [-0.1, -0.05) is 26.7 Å². The summed E-state index contributed by atoms with van der Waals surface area (Å²) in [5.74, 6) is 1.50. The third kappa shape index (κ3) is 5.38. The molecule has 3 heteroatoms. The first-order valence-corrected chi connectivity index (χ1v) is 7.54. The summed E-state index contributed by atoms with van der Waals surface area (Å²) < 4.78 is 4.93. The number of hydrogen-bond donors (Lipinski definition) is 1. The molecule has 0 spiro atoms. The summed E-state index contributed by atoms with van der Waals surface area (Å²) in [6, 6.07) is 0.654. The zero-order valence-corrected chi connectivity index (χ0v) is 12.2. The minimum atomic E-state index is -0.0663. The Labute approximate surface area is 112 Å². The first-order chi connectivity index (χ1) is 8.65. The summed E-state index contributed by atoms with van der Waals surface area (Å²) >= 11 is 0. The molecule has 0 aromatic carbocycles. The summed E-state index contributed by atoms with van der Waals surface area (Å²) in [6.45, 7) is 7.93. The number of hydrogen-bond acceptors (Lipinski definition) is 3. The Morgan fingerprint density at radius 1 is 1.33 bits per heavy atom. The van der Waals surface area contributed by atoms with E-state index in [1.165, 1.54) is 25.7 Å². The van der Waals surface area contributed by atoms with Crippen LogP contribution in [-0.2, 0) is 9.53 Å². The average molecular weight is 255 g/mol. The maximum Gasteiger partial charge on any atom is 0.305 e. The van der Waals surface area contributed by atoms with Crippen molar-refractivity contribution in [2.75, 3.05) is 13.2 Å². The van der Waals surface area contributed by atoms with Crippen LogP contribution in [0.15, 0.2) is 0 Å². The molecule has 1 aliphatic carbocycles. The topological polar surface area (TPSA) is 38.3 Å². The largest absolute Gasteiger partial charge is 0.466 e. The van der Waals surface area contributed by atoms with Crippen molar-refractivity contribution in [2.24, 2.45) is 11.8 Å². The van der Waals surface area contributed by atoms with Gasteiger partial charge in [-0.25, -0.2) is 0 Å². The molecule has 18 heavy (non-hydrogen) atoms. The fourth-order valence-electron chi connectivity index (χ4n) is 2.96. The van der Waals surface area contributed by atoms with Crippen molar-refractivity contribution in [2.45, 2.75) is 65.3 Å². The molecule has 106 valence electrons. The van der Waals surface area contributed by atoms with Crippen molar-refractivity contribution in [3.8, 4) is 0 Å². The summed E-state index contributed by atoms with van der Waals surface area (Å²) in [7, 11) is 0. The lowest BCUT2D eigenvalue weighted by Crippen LogP contribution is -2.41. The number of rotatable bonds is 7. The smallest absolute Gasteiger partial charge is 0.305 e. The summed E-state index contributed by atoms with van der Waals surface area (Å²) in [6.07, 6.45) is 6.80. The first kappa shape index (κ1) is 15.5. The van der Waals surface area contributed by atoms with E-state index in [1.807, 2.05) is 6.92 Å². The Kier molecular flexibility index (Phi) is 7.33. The molecule has 0 saturated heterocycles. The molecule has 0 aromatic heterocycles. The van der Waals surface area contributed by atoms with Gasteiger partial charge >= 0.3 is 5.97 Å². The van der Waals surface area contributed by atoms with Gasteiger partial charge < -0.3 is 10.1 Å². The summed E-state index contributed by atoms with van der Waals surface area (Å²) in [5.41, 5.74) is 0. The fourth-order valence-corrected chi connectivity index (χ4v) is 2.96. The number of carbonyl (C=O) groups is 1. The lowest BCUT2D eigenvalue weighted by molar-refractivity contribution is -0.143. The molecular weight excluding hydrogens is 226 g/mol. The second-order valence-electron chi connectivity index (χ2n) is 5.66. The molecule has 1 rings (SSSR count). The summed E-state index contributed by atoms with van der Waals surface area (Å²) in [4.78, 5) is 11.2. The van der Waals surface area contributed by atoms with Crippen molar-refractivity contribution in [1.29, 1.82) is 0 Å². The van der Waals surface area contributed by atoms with E-state index in [0.29, 0.717) is 19.1 Å². The molecule has 0 bridgehead atoms. The van der Waals surface area contributed by atoms with E-state index in [-0.39, 0.29) is 5.97 Å². The molecule has 1 saturated carbocycles. The van der Waals surface area contributed by atoms with Gasteiger partial charge in [-0.05, 0) is 44.6 Å². The van der Waals surface area contributed by atoms with Crippen LogP contribution in [0, 0.1) is 11.8 Å². The highest BCUT2D eigenvalue weighted by Crippen LogP contribution is 2.30. The number of ether oxygens (including phenoxy) is 1. The molecule has 2 unspecified atom stereocenters. The molecule has 0 heterocycles. The van der Waals surface area contributed by atoms with Crippen LogP contribution in [0.3, 0.4) is 0 Å². The van der Waals surface area contributed by atoms with Gasteiger partial charge in [0.25, 0.3) is 0 Å². The zero-order chi connectivity index (χ0) is 13.4. The van der Waals surface area contributed by atoms with Crippen molar-refractivity contribution in [3.05, 3.63) is 0 Å². The number of esters is 1. The second-order valence-corrected chi connectivity index (χ2v) is 5.66. The number of carbonyl (C=O) groups excluding carboxylic acids is 1. The van der Waals surface area contributed by atoms with E-state index in [9.17, 15) is 4.79 Å². The van der Waals surface area contributed by atoms with Crippen molar-refractivity contribution in [1.82, 2.24) is 5.32 Å². The molecule has 0 radical (unpaired) electrons. The Morgan fingerprint density at radius 3 is 2.72 bits per heavy atom. The Balaban J connectivity index is 2.18.